The normalized spacial score (nSPS) is 13.2. The molecule has 1 saturated carbocycles. The Hall–Kier alpha value is -3.72. The molecule has 10 heteroatoms. The number of aromatic nitrogens is 5. The van der Waals surface area contributed by atoms with Gasteiger partial charge in [-0.1, -0.05) is 41.9 Å². The predicted molar refractivity (Wildman–Crippen MR) is 115 cm³/mol. The first-order valence-electron chi connectivity index (χ1n) is 9.76. The van der Waals surface area contributed by atoms with Crippen molar-refractivity contribution in [1.82, 2.24) is 24.6 Å². The molecule has 1 aromatic carbocycles. The second-order valence-electron chi connectivity index (χ2n) is 7.15. The van der Waals surface area contributed by atoms with Crippen molar-refractivity contribution in [2.24, 2.45) is 0 Å². The van der Waals surface area contributed by atoms with Crippen LogP contribution in [-0.4, -0.2) is 36.5 Å². The van der Waals surface area contributed by atoms with Gasteiger partial charge >= 0.3 is 0 Å². The first-order valence-corrected chi connectivity index (χ1v) is 10.1. The van der Waals surface area contributed by atoms with Crippen LogP contribution in [0.15, 0.2) is 55.0 Å². The zero-order valence-electron chi connectivity index (χ0n) is 16.3. The number of nitrogens with zero attached hydrogens (tertiary/aromatic N) is 5. The van der Waals surface area contributed by atoms with E-state index in [0.717, 1.165) is 24.1 Å². The molecule has 5 rings (SSSR count). The largest absolute Gasteiger partial charge is 0.473 e. The average Bonchev–Trinajstić information content (AvgIpc) is 3.49. The van der Waals surface area contributed by atoms with E-state index in [0.29, 0.717) is 30.0 Å². The number of hydrogen-bond donors (Lipinski definition) is 2. The van der Waals surface area contributed by atoms with Crippen LogP contribution in [0.2, 0.25) is 5.15 Å². The number of hydrogen-bond acceptors (Lipinski definition) is 7. The molecule has 1 aliphatic rings. The molecular weight excluding hydrogens is 418 g/mol. The molecule has 156 valence electrons. The smallest absolute Gasteiger partial charge is 0.277 e. The maximum absolute atomic E-state index is 12.9. The summed E-state index contributed by atoms with van der Waals surface area (Å²) in [5.41, 5.74) is 2.54. The zero-order valence-corrected chi connectivity index (χ0v) is 17.1. The Morgan fingerprint density at radius 2 is 2.00 bits per heavy atom. The minimum atomic E-state index is -0.424. The van der Waals surface area contributed by atoms with Gasteiger partial charge in [-0.2, -0.15) is 5.10 Å². The number of carbonyl (C=O) groups is 1. The minimum Gasteiger partial charge on any atom is -0.473 e. The van der Waals surface area contributed by atoms with Gasteiger partial charge in [-0.3, -0.25) is 4.79 Å². The van der Waals surface area contributed by atoms with E-state index in [2.05, 4.69) is 30.7 Å². The number of carbonyl (C=O) groups excluding carboxylic acids is 1. The van der Waals surface area contributed by atoms with E-state index < -0.39 is 5.91 Å². The maximum atomic E-state index is 12.9. The van der Waals surface area contributed by atoms with Crippen LogP contribution in [-0.2, 0) is 6.61 Å². The van der Waals surface area contributed by atoms with Crippen molar-refractivity contribution in [2.45, 2.75) is 25.5 Å². The molecule has 0 bridgehead atoms. The van der Waals surface area contributed by atoms with E-state index in [1.807, 2.05) is 30.3 Å². The fourth-order valence-electron chi connectivity index (χ4n) is 3.05. The van der Waals surface area contributed by atoms with Crippen LogP contribution in [0.1, 0.15) is 28.9 Å². The number of benzene rings is 1. The van der Waals surface area contributed by atoms with Crippen LogP contribution in [0.4, 0.5) is 11.5 Å². The van der Waals surface area contributed by atoms with Crippen LogP contribution >= 0.6 is 11.6 Å². The van der Waals surface area contributed by atoms with Gasteiger partial charge in [-0.15, -0.1) is 0 Å². The minimum absolute atomic E-state index is 0.238. The molecule has 0 aliphatic heterocycles. The van der Waals surface area contributed by atoms with E-state index in [9.17, 15) is 4.79 Å². The van der Waals surface area contributed by atoms with Crippen LogP contribution < -0.4 is 15.4 Å². The molecule has 0 atom stereocenters. The first kappa shape index (κ1) is 19.3. The summed E-state index contributed by atoms with van der Waals surface area (Å²) in [4.78, 5) is 25.4. The Morgan fingerprint density at radius 3 is 2.81 bits per heavy atom. The summed E-state index contributed by atoms with van der Waals surface area (Å²) in [5.74, 6) is 0.230. The predicted octanol–water partition coefficient (Wildman–Crippen LogP) is 3.58. The Morgan fingerprint density at radius 1 is 1.16 bits per heavy atom. The lowest BCUT2D eigenvalue weighted by Gasteiger charge is -2.09. The molecule has 31 heavy (non-hydrogen) atoms. The Labute approximate surface area is 182 Å². The van der Waals surface area contributed by atoms with Crippen LogP contribution in [0.5, 0.6) is 5.88 Å². The molecular formula is C21H18ClN7O2. The third kappa shape index (κ3) is 4.41. The summed E-state index contributed by atoms with van der Waals surface area (Å²) >= 11 is 6.16. The molecule has 1 fully saturated rings. The monoisotopic (exact) mass is 435 g/mol. The van der Waals surface area contributed by atoms with E-state index in [-0.39, 0.29) is 10.8 Å². The summed E-state index contributed by atoms with van der Waals surface area (Å²) in [6.45, 7) is 0.359. The number of imidazole rings is 1. The molecule has 9 nitrogen and oxygen atoms in total. The number of halogens is 1. The highest BCUT2D eigenvalue weighted by Gasteiger charge is 2.24. The van der Waals surface area contributed by atoms with Crippen molar-refractivity contribution in [3.05, 3.63) is 71.4 Å². The molecule has 3 heterocycles. The molecule has 1 amide bonds. The molecule has 1 aliphatic carbocycles. The number of fused-ring (bicyclic) bond motifs is 1. The fraction of sp³-hybridized carbons (Fsp3) is 0.190. The zero-order chi connectivity index (χ0) is 21.2. The molecule has 2 N–H and O–H groups in total. The van der Waals surface area contributed by atoms with Crippen molar-refractivity contribution in [2.75, 3.05) is 10.6 Å². The first-order chi connectivity index (χ1) is 15.2. The van der Waals surface area contributed by atoms with Gasteiger partial charge in [0.15, 0.2) is 16.5 Å². The molecule has 0 saturated heterocycles. The van der Waals surface area contributed by atoms with E-state index in [4.69, 9.17) is 16.3 Å². The highest BCUT2D eigenvalue weighted by Crippen LogP contribution is 2.28. The summed E-state index contributed by atoms with van der Waals surface area (Å²) in [6.07, 6.45) is 4.99. The number of amides is 1. The molecule has 0 unspecified atom stereocenters. The van der Waals surface area contributed by atoms with Crippen LogP contribution in [0, 0.1) is 0 Å². The topological polar surface area (TPSA) is 106 Å². The van der Waals surface area contributed by atoms with Gasteiger partial charge in [0.2, 0.25) is 5.88 Å². The Kier molecular flexibility index (Phi) is 5.09. The SMILES string of the molecule is O=C(Nc1cc(OCc2ccccc2)ncn1)c1cnc2c(NC3CC3)cc(Cl)nn12. The van der Waals surface area contributed by atoms with Gasteiger partial charge in [0.25, 0.3) is 5.91 Å². The van der Waals surface area contributed by atoms with E-state index >= 15 is 0 Å². The van der Waals surface area contributed by atoms with Gasteiger partial charge < -0.3 is 15.4 Å². The highest BCUT2D eigenvalue weighted by molar-refractivity contribution is 6.29. The average molecular weight is 436 g/mol. The van der Waals surface area contributed by atoms with E-state index in [1.54, 1.807) is 12.1 Å². The molecule has 0 spiro atoms. The third-order valence-corrected chi connectivity index (χ3v) is 4.91. The molecule has 3 aromatic heterocycles. The van der Waals surface area contributed by atoms with Gasteiger partial charge in [-0.25, -0.2) is 19.5 Å². The van der Waals surface area contributed by atoms with Gasteiger partial charge in [0, 0.05) is 18.2 Å². The summed E-state index contributed by atoms with van der Waals surface area (Å²) in [7, 11) is 0. The Bertz CT molecular complexity index is 1240. The van der Waals surface area contributed by atoms with Crippen LogP contribution in [0.3, 0.4) is 0 Å². The number of anilines is 2. The second kappa shape index (κ2) is 8.19. The number of nitrogens with one attached hydrogen (secondary N) is 2. The summed E-state index contributed by atoms with van der Waals surface area (Å²) in [6, 6.07) is 13.4. The standard InChI is InChI=1S/C21H18ClN7O2/c22-17-8-15(26-14-6-7-14)20-23-10-16(29(20)28-17)21(30)27-18-9-19(25-12-24-18)31-11-13-4-2-1-3-5-13/h1-5,8-10,12,14,26H,6-7,11H2,(H,24,25,27,30). The summed E-state index contributed by atoms with van der Waals surface area (Å²) in [5, 5.41) is 10.6. The van der Waals surface area contributed by atoms with Crippen molar-refractivity contribution in [1.29, 1.82) is 0 Å². The number of rotatable bonds is 7. The summed E-state index contributed by atoms with van der Waals surface area (Å²) < 4.78 is 7.12. The lowest BCUT2D eigenvalue weighted by Crippen LogP contribution is -2.17. The fourth-order valence-corrected chi connectivity index (χ4v) is 3.23. The van der Waals surface area contributed by atoms with Crippen molar-refractivity contribution >= 4 is 34.7 Å². The van der Waals surface area contributed by atoms with Crippen molar-refractivity contribution in [3.8, 4) is 5.88 Å². The lowest BCUT2D eigenvalue weighted by atomic mass is 10.2. The van der Waals surface area contributed by atoms with E-state index in [1.165, 1.54) is 17.0 Å². The van der Waals surface area contributed by atoms with Gasteiger partial charge in [-0.05, 0) is 18.4 Å². The molecule has 0 radical (unpaired) electrons. The Balaban J connectivity index is 1.33. The number of ether oxygens (including phenoxy) is 1. The quantitative estimate of drug-likeness (QED) is 0.457. The second-order valence-corrected chi connectivity index (χ2v) is 7.54. The maximum Gasteiger partial charge on any atom is 0.277 e. The van der Waals surface area contributed by atoms with Crippen molar-refractivity contribution in [3.63, 3.8) is 0 Å². The third-order valence-electron chi connectivity index (χ3n) is 4.72. The molecule has 4 aromatic rings. The van der Waals surface area contributed by atoms with Crippen LogP contribution in [0.25, 0.3) is 5.65 Å². The van der Waals surface area contributed by atoms with Gasteiger partial charge in [0.05, 0.1) is 11.9 Å². The lowest BCUT2D eigenvalue weighted by molar-refractivity contribution is 0.102. The highest BCUT2D eigenvalue weighted by atomic mass is 35.5. The van der Waals surface area contributed by atoms with Crippen molar-refractivity contribution < 1.29 is 9.53 Å². The van der Waals surface area contributed by atoms with Gasteiger partial charge in [0.1, 0.15) is 18.8 Å².